The van der Waals surface area contributed by atoms with Crippen molar-refractivity contribution in [2.45, 2.75) is 51.6 Å². The van der Waals surface area contributed by atoms with Crippen molar-refractivity contribution in [3.8, 4) is 0 Å². The smallest absolute Gasteiger partial charge is 0.0350 e. The maximum absolute atomic E-state index is 6.06. The van der Waals surface area contributed by atoms with Crippen molar-refractivity contribution in [1.29, 1.82) is 0 Å². The van der Waals surface area contributed by atoms with E-state index in [2.05, 4.69) is 37.4 Å². The fraction of sp³-hybridized carbons (Fsp3) is 1.00. The number of thioether (sulfide) groups is 1. The van der Waals surface area contributed by atoms with E-state index in [-0.39, 0.29) is 0 Å². The number of hydrogen-bond donors (Lipinski definition) is 1. The Morgan fingerprint density at radius 3 is 2.33 bits per heavy atom. The van der Waals surface area contributed by atoms with Gasteiger partial charge in [-0.05, 0) is 44.2 Å². The van der Waals surface area contributed by atoms with Crippen LogP contribution in [0.5, 0.6) is 0 Å². The van der Waals surface area contributed by atoms with E-state index in [9.17, 15) is 0 Å². The van der Waals surface area contributed by atoms with Gasteiger partial charge in [-0.1, -0.05) is 13.8 Å². The van der Waals surface area contributed by atoms with E-state index >= 15 is 0 Å². The summed E-state index contributed by atoms with van der Waals surface area (Å²) >= 11 is 2.08. The van der Waals surface area contributed by atoms with Crippen molar-refractivity contribution in [3.63, 3.8) is 0 Å². The summed E-state index contributed by atoms with van der Waals surface area (Å²) in [6.45, 7) is 8.84. The van der Waals surface area contributed by atoms with Gasteiger partial charge >= 0.3 is 0 Å². The molecular weight excluding hydrogens is 204 g/mol. The van der Waals surface area contributed by atoms with Gasteiger partial charge in [0.2, 0.25) is 0 Å². The third-order valence-electron chi connectivity index (χ3n) is 3.88. The fourth-order valence-corrected chi connectivity index (χ4v) is 3.95. The zero-order chi connectivity index (χ0) is 11.3. The van der Waals surface area contributed by atoms with Crippen LogP contribution in [-0.4, -0.2) is 41.1 Å². The highest BCUT2D eigenvalue weighted by Crippen LogP contribution is 2.33. The number of likely N-dealkylation sites (N-methyl/N-ethyl adjacent to an activating group) is 1. The molecule has 0 saturated carbocycles. The maximum atomic E-state index is 6.06. The predicted molar refractivity (Wildman–Crippen MR) is 70.5 cm³/mol. The molecule has 0 aliphatic carbocycles. The molecule has 1 rings (SSSR count). The lowest BCUT2D eigenvalue weighted by atomic mass is 9.88. The molecular formula is C12H26N2S. The molecule has 1 aliphatic heterocycles. The minimum atomic E-state index is 0.301. The van der Waals surface area contributed by atoms with Crippen molar-refractivity contribution < 1.29 is 0 Å². The second-order valence-corrected chi connectivity index (χ2v) is 5.81. The van der Waals surface area contributed by atoms with E-state index in [1.165, 1.54) is 30.8 Å². The van der Waals surface area contributed by atoms with E-state index < -0.39 is 0 Å². The Hall–Kier alpha value is 0.270. The summed E-state index contributed by atoms with van der Waals surface area (Å²) in [6.07, 6.45) is 3.77. The minimum absolute atomic E-state index is 0.301. The fourth-order valence-electron chi connectivity index (χ4n) is 2.69. The summed E-state index contributed by atoms with van der Waals surface area (Å²) in [4.78, 5) is 2.65. The summed E-state index contributed by atoms with van der Waals surface area (Å²) < 4.78 is 0. The standard InChI is InChI=1S/C12H26N2S/c1-4-11(3)14(5-2)12(10-13)6-8-15-9-7-12/h11H,4-10,13H2,1-3H3. The Kier molecular flexibility index (Phi) is 5.44. The van der Waals surface area contributed by atoms with E-state index in [1.807, 2.05) is 0 Å². The molecule has 15 heavy (non-hydrogen) atoms. The number of nitrogens with zero attached hydrogens (tertiary/aromatic N) is 1. The van der Waals surface area contributed by atoms with E-state index in [0.717, 1.165) is 13.1 Å². The van der Waals surface area contributed by atoms with Crippen LogP contribution in [-0.2, 0) is 0 Å². The molecule has 0 bridgehead atoms. The van der Waals surface area contributed by atoms with E-state index in [0.29, 0.717) is 11.6 Å². The Labute approximate surface area is 99.0 Å². The molecule has 3 heteroatoms. The van der Waals surface area contributed by atoms with Crippen LogP contribution < -0.4 is 5.73 Å². The van der Waals surface area contributed by atoms with Crippen LogP contribution in [0.1, 0.15) is 40.0 Å². The molecule has 1 aliphatic rings. The lowest BCUT2D eigenvalue weighted by Gasteiger charge is -2.48. The first-order valence-electron chi connectivity index (χ1n) is 6.24. The molecule has 1 fully saturated rings. The van der Waals surface area contributed by atoms with E-state index in [1.54, 1.807) is 0 Å². The van der Waals surface area contributed by atoms with Crippen LogP contribution in [0.25, 0.3) is 0 Å². The van der Waals surface area contributed by atoms with Crippen molar-refractivity contribution in [2.24, 2.45) is 5.73 Å². The van der Waals surface area contributed by atoms with Gasteiger partial charge in [-0.3, -0.25) is 4.90 Å². The molecule has 1 atom stereocenters. The molecule has 90 valence electrons. The van der Waals surface area contributed by atoms with Gasteiger partial charge in [-0.15, -0.1) is 0 Å². The SMILES string of the molecule is CCC(C)N(CC)C1(CN)CCSCC1. The molecule has 2 N–H and O–H groups in total. The Morgan fingerprint density at radius 2 is 1.93 bits per heavy atom. The van der Waals surface area contributed by atoms with Crippen molar-refractivity contribution >= 4 is 11.8 Å². The van der Waals surface area contributed by atoms with Gasteiger partial charge in [0.15, 0.2) is 0 Å². The third kappa shape index (κ3) is 2.89. The van der Waals surface area contributed by atoms with Crippen LogP contribution in [0.3, 0.4) is 0 Å². The molecule has 2 nitrogen and oxygen atoms in total. The Bertz CT molecular complexity index is 178. The molecule has 1 saturated heterocycles. The van der Waals surface area contributed by atoms with E-state index in [4.69, 9.17) is 5.73 Å². The first kappa shape index (κ1) is 13.3. The quantitative estimate of drug-likeness (QED) is 0.786. The van der Waals surface area contributed by atoms with Crippen LogP contribution in [0, 0.1) is 0 Å². The zero-order valence-electron chi connectivity index (χ0n) is 10.5. The molecule has 1 heterocycles. The Morgan fingerprint density at radius 1 is 1.33 bits per heavy atom. The largest absolute Gasteiger partial charge is 0.329 e. The number of rotatable bonds is 5. The monoisotopic (exact) mass is 230 g/mol. The second-order valence-electron chi connectivity index (χ2n) is 4.58. The first-order valence-corrected chi connectivity index (χ1v) is 7.40. The maximum Gasteiger partial charge on any atom is 0.0350 e. The predicted octanol–water partition coefficient (Wildman–Crippen LogP) is 2.33. The highest BCUT2D eigenvalue weighted by molar-refractivity contribution is 7.99. The van der Waals surface area contributed by atoms with Crippen molar-refractivity contribution in [2.75, 3.05) is 24.6 Å². The molecule has 0 aromatic rings. The molecule has 0 amide bonds. The summed E-state index contributed by atoms with van der Waals surface area (Å²) in [5, 5.41) is 0. The topological polar surface area (TPSA) is 29.3 Å². The van der Waals surface area contributed by atoms with Gasteiger partial charge in [-0.2, -0.15) is 11.8 Å². The van der Waals surface area contributed by atoms with Crippen LogP contribution in [0.2, 0.25) is 0 Å². The van der Waals surface area contributed by atoms with Crippen molar-refractivity contribution in [3.05, 3.63) is 0 Å². The number of nitrogens with two attached hydrogens (primary N) is 1. The lowest BCUT2D eigenvalue weighted by Crippen LogP contribution is -2.58. The van der Waals surface area contributed by atoms with Crippen LogP contribution >= 0.6 is 11.8 Å². The molecule has 1 unspecified atom stereocenters. The van der Waals surface area contributed by atoms with Gasteiger partial charge in [0, 0.05) is 18.1 Å². The highest BCUT2D eigenvalue weighted by atomic mass is 32.2. The molecule has 0 spiro atoms. The minimum Gasteiger partial charge on any atom is -0.329 e. The second kappa shape index (κ2) is 6.12. The van der Waals surface area contributed by atoms with Gasteiger partial charge in [0.25, 0.3) is 0 Å². The van der Waals surface area contributed by atoms with Gasteiger partial charge in [-0.25, -0.2) is 0 Å². The average Bonchev–Trinajstić information content (AvgIpc) is 2.30. The third-order valence-corrected chi connectivity index (χ3v) is 4.86. The summed E-state index contributed by atoms with van der Waals surface area (Å²) in [5.41, 5.74) is 6.36. The normalized spacial score (nSPS) is 23.0. The molecule has 0 aromatic heterocycles. The average molecular weight is 230 g/mol. The van der Waals surface area contributed by atoms with Gasteiger partial charge < -0.3 is 5.73 Å². The summed E-state index contributed by atoms with van der Waals surface area (Å²) in [7, 11) is 0. The highest BCUT2D eigenvalue weighted by Gasteiger charge is 2.37. The number of hydrogen-bond acceptors (Lipinski definition) is 3. The lowest BCUT2D eigenvalue weighted by molar-refractivity contribution is 0.0506. The summed E-state index contributed by atoms with van der Waals surface area (Å²) in [6, 6.07) is 0.668. The van der Waals surface area contributed by atoms with Crippen LogP contribution in [0.4, 0.5) is 0 Å². The molecule has 0 aromatic carbocycles. The summed E-state index contributed by atoms with van der Waals surface area (Å²) in [5.74, 6) is 2.56. The van der Waals surface area contributed by atoms with Crippen LogP contribution in [0.15, 0.2) is 0 Å². The van der Waals surface area contributed by atoms with Gasteiger partial charge in [0.1, 0.15) is 0 Å². The van der Waals surface area contributed by atoms with Gasteiger partial charge in [0.05, 0.1) is 0 Å². The molecule has 0 radical (unpaired) electrons. The van der Waals surface area contributed by atoms with Crippen molar-refractivity contribution in [1.82, 2.24) is 4.90 Å². The Balaban J connectivity index is 2.75. The first-order chi connectivity index (χ1) is 7.20. The zero-order valence-corrected chi connectivity index (χ0v) is 11.3.